The first kappa shape index (κ1) is 19.6. The lowest BCUT2D eigenvalue weighted by atomic mass is 9.98. The van der Waals surface area contributed by atoms with Crippen molar-refractivity contribution in [1.82, 2.24) is 13.9 Å². The number of nitrogens with one attached hydrogen (secondary N) is 1. The lowest BCUT2D eigenvalue weighted by molar-refractivity contribution is -0.120. The van der Waals surface area contributed by atoms with E-state index in [1.54, 1.807) is 4.57 Å². The molecule has 1 amide bonds. The number of hydrogen-bond acceptors (Lipinski definition) is 4. The van der Waals surface area contributed by atoms with Crippen molar-refractivity contribution in [3.8, 4) is 0 Å². The minimum atomic E-state index is -3.68. The Morgan fingerprint density at radius 3 is 2.63 bits per heavy atom. The van der Waals surface area contributed by atoms with Crippen LogP contribution in [0.5, 0.6) is 0 Å². The van der Waals surface area contributed by atoms with Crippen LogP contribution in [0.25, 0.3) is 0 Å². The predicted octanol–water partition coefficient (Wildman–Crippen LogP) is 2.50. The average Bonchev–Trinajstić information content (AvgIpc) is 3.19. The number of nitrogens with zero attached hydrogens (tertiary/aromatic N) is 3. The molecule has 2 aromatic rings. The first-order chi connectivity index (χ1) is 12.9. The summed E-state index contributed by atoms with van der Waals surface area (Å²) in [5.41, 5.74) is 1.94. The Kier molecular flexibility index (Phi) is 5.96. The van der Waals surface area contributed by atoms with Crippen LogP contribution in [-0.4, -0.2) is 41.3 Å². The van der Waals surface area contributed by atoms with Gasteiger partial charge in [0.15, 0.2) is 5.03 Å². The van der Waals surface area contributed by atoms with Crippen molar-refractivity contribution in [2.24, 2.45) is 5.92 Å². The molecule has 0 bridgehead atoms. The molecule has 7 nitrogen and oxygen atoms in total. The quantitative estimate of drug-likeness (QED) is 0.821. The summed E-state index contributed by atoms with van der Waals surface area (Å²) in [4.78, 5) is 16.6. The molecule has 3 rings (SSSR count). The van der Waals surface area contributed by atoms with E-state index in [-0.39, 0.29) is 23.4 Å². The van der Waals surface area contributed by atoms with E-state index in [4.69, 9.17) is 0 Å². The van der Waals surface area contributed by atoms with E-state index in [0.29, 0.717) is 25.9 Å². The predicted molar refractivity (Wildman–Crippen MR) is 104 cm³/mol. The Morgan fingerprint density at radius 1 is 1.26 bits per heavy atom. The number of imidazole rings is 1. The molecule has 8 heteroatoms. The van der Waals surface area contributed by atoms with Crippen LogP contribution in [-0.2, 0) is 27.8 Å². The summed E-state index contributed by atoms with van der Waals surface area (Å²) in [5.74, 6) is -0.508. The van der Waals surface area contributed by atoms with Crippen LogP contribution in [0, 0.1) is 5.92 Å². The zero-order valence-electron chi connectivity index (χ0n) is 15.8. The number of sulfonamides is 1. The van der Waals surface area contributed by atoms with Gasteiger partial charge in [-0.15, -0.1) is 0 Å². The molecule has 146 valence electrons. The highest BCUT2D eigenvalue weighted by Gasteiger charge is 2.34. The molecule has 1 N–H and O–H groups in total. The van der Waals surface area contributed by atoms with Gasteiger partial charge in [0.1, 0.15) is 0 Å². The van der Waals surface area contributed by atoms with Crippen LogP contribution in [0.4, 0.5) is 5.69 Å². The summed E-state index contributed by atoms with van der Waals surface area (Å²) in [6, 6.07) is 7.73. The number of rotatable bonds is 6. The topological polar surface area (TPSA) is 84.3 Å². The second-order valence-corrected chi connectivity index (χ2v) is 8.67. The van der Waals surface area contributed by atoms with Gasteiger partial charge in [0.25, 0.3) is 10.0 Å². The van der Waals surface area contributed by atoms with E-state index in [2.05, 4.69) is 17.2 Å². The van der Waals surface area contributed by atoms with Crippen molar-refractivity contribution in [3.63, 3.8) is 0 Å². The lowest BCUT2D eigenvalue weighted by Crippen LogP contribution is -2.43. The summed E-state index contributed by atoms with van der Waals surface area (Å²) < 4.78 is 28.8. The van der Waals surface area contributed by atoms with E-state index in [9.17, 15) is 13.2 Å². The fourth-order valence-corrected chi connectivity index (χ4v) is 4.68. The Bertz CT molecular complexity index is 890. The molecule has 0 spiro atoms. The summed E-state index contributed by atoms with van der Waals surface area (Å²) in [5, 5.41) is 2.95. The van der Waals surface area contributed by atoms with Gasteiger partial charge >= 0.3 is 0 Å². The fourth-order valence-electron chi connectivity index (χ4n) is 3.22. The molecule has 0 radical (unpaired) electrons. The van der Waals surface area contributed by atoms with Crippen LogP contribution in [0.2, 0.25) is 0 Å². The molecular weight excluding hydrogens is 364 g/mol. The monoisotopic (exact) mass is 390 g/mol. The standard InChI is InChI=1S/C19H26N4O3S/c1-3-15-7-9-17(10-8-15)21-19(24)16-6-5-11-23(12-16)27(25,26)18-13-22(4-2)14-20-18/h7-10,13-14,16H,3-6,11-12H2,1-2H3,(H,21,24). The zero-order valence-corrected chi connectivity index (χ0v) is 16.6. The molecule has 1 fully saturated rings. The third-order valence-corrected chi connectivity index (χ3v) is 6.71. The highest BCUT2D eigenvalue weighted by molar-refractivity contribution is 7.89. The number of aryl methyl sites for hydroxylation is 2. The van der Waals surface area contributed by atoms with Gasteiger partial charge in [0, 0.05) is 31.5 Å². The van der Waals surface area contributed by atoms with Crippen LogP contribution in [0.15, 0.2) is 41.8 Å². The fraction of sp³-hybridized carbons (Fsp3) is 0.474. The third-order valence-electron chi connectivity index (χ3n) is 4.96. The smallest absolute Gasteiger partial charge is 0.262 e. The number of benzene rings is 1. The summed E-state index contributed by atoms with van der Waals surface area (Å²) in [6.45, 7) is 5.25. The molecule has 27 heavy (non-hydrogen) atoms. The lowest BCUT2D eigenvalue weighted by Gasteiger charge is -2.30. The Balaban J connectivity index is 1.68. The summed E-state index contributed by atoms with van der Waals surface area (Å²) >= 11 is 0. The van der Waals surface area contributed by atoms with Gasteiger partial charge in [-0.2, -0.15) is 4.31 Å². The maximum Gasteiger partial charge on any atom is 0.262 e. The van der Waals surface area contributed by atoms with E-state index in [1.165, 1.54) is 22.4 Å². The molecule has 1 aliphatic heterocycles. The number of aromatic nitrogens is 2. The second-order valence-electron chi connectivity index (χ2n) is 6.78. The minimum Gasteiger partial charge on any atom is -0.336 e. The van der Waals surface area contributed by atoms with E-state index < -0.39 is 10.0 Å². The molecule has 1 atom stereocenters. The normalized spacial score (nSPS) is 18.4. The van der Waals surface area contributed by atoms with E-state index in [1.807, 2.05) is 31.2 Å². The van der Waals surface area contributed by atoms with Crippen molar-refractivity contribution in [2.45, 2.75) is 44.7 Å². The van der Waals surface area contributed by atoms with Crippen molar-refractivity contribution in [2.75, 3.05) is 18.4 Å². The molecule has 1 aromatic carbocycles. The molecule has 1 saturated heterocycles. The first-order valence-electron chi connectivity index (χ1n) is 9.35. The highest BCUT2D eigenvalue weighted by atomic mass is 32.2. The van der Waals surface area contributed by atoms with Crippen molar-refractivity contribution in [3.05, 3.63) is 42.4 Å². The number of anilines is 1. The number of carbonyl (C=O) groups is 1. The van der Waals surface area contributed by atoms with Crippen LogP contribution in [0.3, 0.4) is 0 Å². The molecule has 1 unspecified atom stereocenters. The Labute approximate surface area is 160 Å². The van der Waals surface area contributed by atoms with Crippen molar-refractivity contribution >= 4 is 21.6 Å². The molecule has 0 saturated carbocycles. The number of hydrogen-bond donors (Lipinski definition) is 1. The van der Waals surface area contributed by atoms with Gasteiger partial charge in [0.2, 0.25) is 5.91 Å². The number of carbonyl (C=O) groups excluding carboxylic acids is 1. The van der Waals surface area contributed by atoms with Gasteiger partial charge in [-0.25, -0.2) is 13.4 Å². The zero-order chi connectivity index (χ0) is 19.4. The second kappa shape index (κ2) is 8.22. The van der Waals surface area contributed by atoms with Gasteiger partial charge in [0.05, 0.1) is 12.2 Å². The third kappa shape index (κ3) is 4.39. The molecular formula is C19H26N4O3S. The molecule has 0 aliphatic carbocycles. The van der Waals surface area contributed by atoms with Crippen LogP contribution >= 0.6 is 0 Å². The minimum absolute atomic E-state index is 0.0422. The van der Waals surface area contributed by atoms with Gasteiger partial charge < -0.3 is 9.88 Å². The van der Waals surface area contributed by atoms with Crippen molar-refractivity contribution in [1.29, 1.82) is 0 Å². The molecule has 2 heterocycles. The van der Waals surface area contributed by atoms with Gasteiger partial charge in [-0.3, -0.25) is 4.79 Å². The number of piperidine rings is 1. The molecule has 1 aliphatic rings. The Hall–Kier alpha value is -2.19. The largest absolute Gasteiger partial charge is 0.336 e. The summed E-state index contributed by atoms with van der Waals surface area (Å²) in [6.07, 6.45) is 5.32. The van der Waals surface area contributed by atoms with Crippen LogP contribution < -0.4 is 5.32 Å². The highest BCUT2D eigenvalue weighted by Crippen LogP contribution is 2.24. The van der Waals surface area contributed by atoms with E-state index in [0.717, 1.165) is 12.1 Å². The summed E-state index contributed by atoms with van der Waals surface area (Å²) in [7, 11) is -3.68. The Morgan fingerprint density at radius 2 is 2.00 bits per heavy atom. The SMILES string of the molecule is CCc1ccc(NC(=O)C2CCCN(S(=O)(=O)c3cn(CC)cn3)C2)cc1. The van der Waals surface area contributed by atoms with Gasteiger partial charge in [-0.1, -0.05) is 19.1 Å². The maximum absolute atomic E-state index is 12.8. The number of amides is 1. The van der Waals surface area contributed by atoms with Gasteiger partial charge in [-0.05, 0) is 43.9 Å². The van der Waals surface area contributed by atoms with Crippen LogP contribution in [0.1, 0.15) is 32.3 Å². The first-order valence-corrected chi connectivity index (χ1v) is 10.8. The molecule has 1 aromatic heterocycles. The van der Waals surface area contributed by atoms with E-state index >= 15 is 0 Å². The van der Waals surface area contributed by atoms with Crippen molar-refractivity contribution < 1.29 is 13.2 Å². The maximum atomic E-state index is 12.8. The average molecular weight is 391 g/mol.